The van der Waals surface area contributed by atoms with Gasteiger partial charge in [0.2, 0.25) is 0 Å². The molecule has 0 aliphatic carbocycles. The van der Waals surface area contributed by atoms with Crippen molar-refractivity contribution in [2.75, 3.05) is 5.32 Å². The zero-order valence-electron chi connectivity index (χ0n) is 34.8. The van der Waals surface area contributed by atoms with Crippen molar-refractivity contribution in [2.24, 2.45) is 0 Å². The van der Waals surface area contributed by atoms with Crippen molar-refractivity contribution in [1.29, 1.82) is 0 Å². The van der Waals surface area contributed by atoms with Crippen LogP contribution in [0.3, 0.4) is 0 Å². The monoisotopic (exact) mass is 815 g/mol. The number of rotatable bonds is 5. The fourth-order valence-electron chi connectivity index (χ4n) is 10.5. The van der Waals surface area contributed by atoms with E-state index in [9.17, 15) is 0 Å². The summed E-state index contributed by atoms with van der Waals surface area (Å²) < 4.78 is 15.8. The number of para-hydroxylation sites is 2. The quantitative estimate of drug-likeness (QED) is 0.176. The first-order chi connectivity index (χ1) is 31.6. The van der Waals surface area contributed by atoms with E-state index in [0.717, 1.165) is 83.0 Å². The van der Waals surface area contributed by atoms with E-state index in [1.54, 1.807) is 0 Å². The standard InChI is InChI=1S/C59H36BN2O2/c1-34-23-26-37(27-24-34)61-50-30-45-41-19-9-11-21-52(41)63-54(45)32-44(50)48-29-47(40-18-8-7-16-38(40)35-13-3-2-4-14-35)56-43-28-25-36-15-5-6-17-39(36)58(43)62-51-31-46-42-20-10-12-22-53(42)64-55(46)33-49(51)60-57(48)59(56)62/h2-33,61H,1H3. The van der Waals surface area contributed by atoms with Gasteiger partial charge in [-0.3, -0.25) is 0 Å². The molecule has 0 amide bonds. The van der Waals surface area contributed by atoms with Gasteiger partial charge in [-0.1, -0.05) is 151 Å². The van der Waals surface area contributed by atoms with Crippen LogP contribution in [0.5, 0.6) is 0 Å². The third kappa shape index (κ3) is 5.12. The van der Waals surface area contributed by atoms with E-state index in [4.69, 9.17) is 8.83 Å². The number of hydrogen-bond donors (Lipinski definition) is 1. The molecule has 4 heterocycles. The number of hydrogen-bond acceptors (Lipinski definition) is 3. The highest BCUT2D eigenvalue weighted by Crippen LogP contribution is 2.48. The lowest BCUT2D eigenvalue weighted by Gasteiger charge is -2.25. The molecule has 5 heteroatoms. The zero-order valence-corrected chi connectivity index (χ0v) is 34.8. The topological polar surface area (TPSA) is 43.2 Å². The molecule has 0 saturated carbocycles. The Morgan fingerprint density at radius 2 is 1.09 bits per heavy atom. The number of aromatic nitrogens is 1. The van der Waals surface area contributed by atoms with E-state index in [1.807, 2.05) is 12.1 Å². The summed E-state index contributed by atoms with van der Waals surface area (Å²) in [5.74, 6) is 0. The molecule has 0 unspecified atom stereocenters. The van der Waals surface area contributed by atoms with Crippen LogP contribution < -0.4 is 16.2 Å². The molecule has 1 aliphatic rings. The van der Waals surface area contributed by atoms with Gasteiger partial charge in [-0.05, 0) is 100 Å². The molecule has 14 rings (SSSR count). The van der Waals surface area contributed by atoms with E-state index < -0.39 is 0 Å². The Morgan fingerprint density at radius 1 is 0.438 bits per heavy atom. The summed E-state index contributed by atoms with van der Waals surface area (Å²) in [5.41, 5.74) is 19.3. The molecule has 10 aromatic carbocycles. The van der Waals surface area contributed by atoms with Crippen molar-refractivity contribution < 1.29 is 8.83 Å². The Hall–Kier alpha value is -8.28. The van der Waals surface area contributed by atoms with E-state index >= 15 is 0 Å². The molecular formula is C59H36BN2O2. The lowest BCUT2D eigenvalue weighted by Crippen LogP contribution is -2.37. The number of aryl methyl sites for hydroxylation is 1. The van der Waals surface area contributed by atoms with Gasteiger partial charge in [-0.25, -0.2) is 0 Å². The molecule has 1 radical (unpaired) electrons. The largest absolute Gasteiger partial charge is 0.456 e. The SMILES string of the molecule is Cc1ccc(Nc2cc3c(cc2-c2cc(-c4ccccc4-c4ccccc4)c4c5ccc6ccccc6c5n5c4c2[B]c2cc4oc6ccccc6c4cc2-5)oc2ccccc23)cc1. The number of fused-ring (bicyclic) bond motifs is 13. The predicted octanol–water partition coefficient (Wildman–Crippen LogP) is 14.8. The van der Waals surface area contributed by atoms with Crippen molar-refractivity contribution in [2.45, 2.75) is 6.92 Å². The Balaban J connectivity index is 1.18. The fourth-order valence-corrected chi connectivity index (χ4v) is 10.5. The second kappa shape index (κ2) is 13.4. The van der Waals surface area contributed by atoms with Crippen molar-refractivity contribution in [3.63, 3.8) is 0 Å². The van der Waals surface area contributed by atoms with Crippen molar-refractivity contribution in [1.82, 2.24) is 4.57 Å². The summed E-state index contributed by atoms with van der Waals surface area (Å²) in [6.45, 7) is 2.13. The molecule has 1 aliphatic heterocycles. The van der Waals surface area contributed by atoms with Crippen LogP contribution in [0.25, 0.3) is 116 Å². The highest BCUT2D eigenvalue weighted by Gasteiger charge is 2.31. The van der Waals surface area contributed by atoms with Crippen LogP contribution in [0.4, 0.5) is 11.4 Å². The first kappa shape index (κ1) is 35.3. The molecule has 0 spiro atoms. The average molecular weight is 816 g/mol. The summed E-state index contributed by atoms with van der Waals surface area (Å²) in [4.78, 5) is 0. The van der Waals surface area contributed by atoms with Gasteiger partial charge in [0, 0.05) is 65.8 Å². The molecule has 0 fully saturated rings. The van der Waals surface area contributed by atoms with Gasteiger partial charge >= 0.3 is 0 Å². The first-order valence-electron chi connectivity index (χ1n) is 21.9. The van der Waals surface area contributed by atoms with Crippen LogP contribution in [-0.2, 0) is 0 Å². The van der Waals surface area contributed by atoms with Gasteiger partial charge in [-0.15, -0.1) is 0 Å². The summed E-state index contributed by atoms with van der Waals surface area (Å²) >= 11 is 0. The Bertz CT molecular complexity index is 4080. The molecule has 297 valence electrons. The lowest BCUT2D eigenvalue weighted by atomic mass is 9.58. The molecule has 3 aromatic heterocycles. The first-order valence-corrected chi connectivity index (χ1v) is 21.9. The highest BCUT2D eigenvalue weighted by molar-refractivity contribution is 6.74. The summed E-state index contributed by atoms with van der Waals surface area (Å²) in [6.07, 6.45) is 0. The van der Waals surface area contributed by atoms with Crippen LogP contribution >= 0.6 is 0 Å². The van der Waals surface area contributed by atoms with Crippen LogP contribution in [0.15, 0.2) is 203 Å². The fraction of sp³-hybridized carbons (Fsp3) is 0.0169. The van der Waals surface area contributed by atoms with Crippen molar-refractivity contribution in [3.8, 4) is 39.1 Å². The van der Waals surface area contributed by atoms with Gasteiger partial charge in [-0.2, -0.15) is 0 Å². The molecular weight excluding hydrogens is 779 g/mol. The minimum atomic E-state index is 0.843. The minimum Gasteiger partial charge on any atom is -0.456 e. The van der Waals surface area contributed by atoms with Gasteiger partial charge in [0.1, 0.15) is 22.3 Å². The maximum absolute atomic E-state index is 6.70. The Morgan fingerprint density at radius 3 is 1.88 bits per heavy atom. The molecule has 0 saturated heterocycles. The maximum atomic E-state index is 6.70. The highest BCUT2D eigenvalue weighted by atomic mass is 16.3. The second-order valence-corrected chi connectivity index (χ2v) is 17.2. The van der Waals surface area contributed by atoms with Crippen LogP contribution in [0.2, 0.25) is 0 Å². The smallest absolute Gasteiger partial charge is 0.198 e. The van der Waals surface area contributed by atoms with Crippen LogP contribution in [-0.4, -0.2) is 11.8 Å². The minimum absolute atomic E-state index is 0.843. The number of nitrogens with zero attached hydrogens (tertiary/aromatic N) is 1. The van der Waals surface area contributed by atoms with Gasteiger partial charge in [0.15, 0.2) is 7.28 Å². The molecule has 0 bridgehead atoms. The third-order valence-corrected chi connectivity index (χ3v) is 13.5. The van der Waals surface area contributed by atoms with Gasteiger partial charge in [0.05, 0.1) is 5.52 Å². The van der Waals surface area contributed by atoms with E-state index in [0.29, 0.717) is 0 Å². The van der Waals surface area contributed by atoms with Crippen LogP contribution in [0, 0.1) is 6.92 Å². The van der Waals surface area contributed by atoms with E-state index in [1.165, 1.54) is 60.4 Å². The normalized spacial score (nSPS) is 12.3. The number of anilines is 2. The Kier molecular flexibility index (Phi) is 7.38. The number of benzene rings is 10. The zero-order chi connectivity index (χ0) is 42.0. The van der Waals surface area contributed by atoms with Crippen molar-refractivity contribution >= 4 is 106 Å². The van der Waals surface area contributed by atoms with Crippen LogP contribution in [0.1, 0.15) is 5.56 Å². The molecule has 0 atom stereocenters. The predicted molar refractivity (Wildman–Crippen MR) is 269 cm³/mol. The van der Waals surface area contributed by atoms with Gasteiger partial charge < -0.3 is 18.7 Å². The average Bonchev–Trinajstić information content (AvgIpc) is 4.02. The van der Waals surface area contributed by atoms with E-state index in [-0.39, 0.29) is 0 Å². The number of nitrogens with one attached hydrogen (secondary N) is 1. The van der Waals surface area contributed by atoms with E-state index in [2.05, 4.69) is 206 Å². The molecule has 64 heavy (non-hydrogen) atoms. The third-order valence-electron chi connectivity index (χ3n) is 13.5. The molecule has 1 N–H and O–H groups in total. The molecule has 4 nitrogen and oxygen atoms in total. The maximum Gasteiger partial charge on any atom is 0.198 e. The summed E-state index contributed by atoms with van der Waals surface area (Å²) in [7, 11) is 2.39. The van der Waals surface area contributed by atoms with Crippen molar-refractivity contribution in [3.05, 3.63) is 200 Å². The molecule has 13 aromatic rings. The number of furan rings is 2. The second-order valence-electron chi connectivity index (χ2n) is 17.2. The summed E-state index contributed by atoms with van der Waals surface area (Å²) in [5, 5.41) is 13.1. The summed E-state index contributed by atoms with van der Waals surface area (Å²) in [6, 6.07) is 70.0. The lowest BCUT2D eigenvalue weighted by molar-refractivity contribution is 0.669. The Labute approximate surface area is 368 Å². The van der Waals surface area contributed by atoms with Gasteiger partial charge in [0.25, 0.3) is 0 Å².